The van der Waals surface area contributed by atoms with Crippen molar-refractivity contribution in [3.63, 3.8) is 0 Å². The number of nitrogens with one attached hydrogen (secondary N) is 1. The van der Waals surface area contributed by atoms with Gasteiger partial charge in [0.2, 0.25) is 5.91 Å². The molecule has 1 unspecified atom stereocenters. The van der Waals surface area contributed by atoms with Gasteiger partial charge in [0.15, 0.2) is 0 Å². The molecule has 5 nitrogen and oxygen atoms in total. The number of benzene rings is 1. The van der Waals surface area contributed by atoms with Crippen molar-refractivity contribution in [1.82, 2.24) is 10.2 Å². The number of ether oxygens (including phenoxy) is 1. The van der Waals surface area contributed by atoms with E-state index >= 15 is 0 Å². The number of carbonyl (C=O) groups is 1. The van der Waals surface area contributed by atoms with E-state index in [1.807, 2.05) is 30.3 Å². The average Bonchev–Trinajstić information content (AvgIpc) is 2.53. The van der Waals surface area contributed by atoms with Crippen LogP contribution in [0.4, 0.5) is 0 Å². The summed E-state index contributed by atoms with van der Waals surface area (Å²) in [5.74, 6) is -0.137. The normalized spacial score (nSPS) is 16.7. The highest BCUT2D eigenvalue weighted by Crippen LogP contribution is 2.16. The van der Waals surface area contributed by atoms with Crippen LogP contribution in [0.1, 0.15) is 25.5 Å². The van der Waals surface area contributed by atoms with Crippen LogP contribution in [0.3, 0.4) is 0 Å². The molecule has 1 aliphatic heterocycles. The number of amides is 1. The fraction of sp³-hybridized carbons (Fsp3) is 0.562. The first kappa shape index (κ1) is 22.1. The Labute approximate surface area is 150 Å². The van der Waals surface area contributed by atoms with Gasteiger partial charge in [-0.1, -0.05) is 30.3 Å². The van der Waals surface area contributed by atoms with E-state index in [9.17, 15) is 4.79 Å². The van der Waals surface area contributed by atoms with Gasteiger partial charge in [0.1, 0.15) is 6.04 Å². The van der Waals surface area contributed by atoms with E-state index in [4.69, 9.17) is 10.5 Å². The number of hydrogen-bond acceptors (Lipinski definition) is 4. The zero-order chi connectivity index (χ0) is 15.3. The SMILES string of the molecule is CC(C)(CNC(=O)C(N)c1ccccc1)N1CCOCC1.Cl.Cl. The van der Waals surface area contributed by atoms with E-state index in [1.165, 1.54) is 0 Å². The van der Waals surface area contributed by atoms with Crippen LogP contribution in [0, 0.1) is 0 Å². The zero-order valence-electron chi connectivity index (χ0n) is 13.7. The predicted molar refractivity (Wildman–Crippen MR) is 97.3 cm³/mol. The maximum atomic E-state index is 12.2. The highest BCUT2D eigenvalue weighted by molar-refractivity contribution is 5.85. The quantitative estimate of drug-likeness (QED) is 0.836. The lowest BCUT2D eigenvalue weighted by molar-refractivity contribution is -0.123. The standard InChI is InChI=1S/C16H25N3O2.2ClH/c1-16(2,19-8-10-21-11-9-19)12-18-15(20)14(17)13-6-4-3-5-7-13;;/h3-7,14H,8-12,17H2,1-2H3,(H,18,20);2*1H. The van der Waals surface area contributed by atoms with E-state index in [0.717, 1.165) is 31.9 Å². The van der Waals surface area contributed by atoms with Crippen LogP contribution < -0.4 is 11.1 Å². The second-order valence-corrected chi connectivity index (χ2v) is 6.02. The van der Waals surface area contributed by atoms with Crippen LogP contribution in [0.2, 0.25) is 0 Å². The van der Waals surface area contributed by atoms with Crippen LogP contribution in [0.5, 0.6) is 0 Å². The molecule has 0 aliphatic carbocycles. The van der Waals surface area contributed by atoms with Crippen LogP contribution in [-0.4, -0.2) is 49.2 Å². The summed E-state index contributed by atoms with van der Waals surface area (Å²) in [5, 5.41) is 2.97. The zero-order valence-corrected chi connectivity index (χ0v) is 15.3. The third-order valence-corrected chi connectivity index (χ3v) is 4.00. The summed E-state index contributed by atoms with van der Waals surface area (Å²) in [5.41, 5.74) is 6.73. The third kappa shape index (κ3) is 6.28. The van der Waals surface area contributed by atoms with Gasteiger partial charge in [-0.2, -0.15) is 0 Å². The molecule has 7 heteroatoms. The predicted octanol–water partition coefficient (Wildman–Crippen LogP) is 1.76. The molecule has 0 aromatic heterocycles. The summed E-state index contributed by atoms with van der Waals surface area (Å²) < 4.78 is 5.37. The molecule has 1 saturated heterocycles. The van der Waals surface area contributed by atoms with Crippen molar-refractivity contribution >= 4 is 30.7 Å². The first-order chi connectivity index (χ1) is 10.0. The summed E-state index contributed by atoms with van der Waals surface area (Å²) in [6.45, 7) is 8.13. The van der Waals surface area contributed by atoms with Gasteiger partial charge in [-0.15, -0.1) is 24.8 Å². The van der Waals surface area contributed by atoms with Gasteiger partial charge in [-0.3, -0.25) is 9.69 Å². The van der Waals surface area contributed by atoms with E-state index in [-0.39, 0.29) is 36.3 Å². The molecule has 2 rings (SSSR count). The number of carbonyl (C=O) groups excluding carboxylic acids is 1. The van der Waals surface area contributed by atoms with E-state index in [2.05, 4.69) is 24.1 Å². The number of morpholine rings is 1. The number of halogens is 2. The molecule has 23 heavy (non-hydrogen) atoms. The van der Waals surface area contributed by atoms with Crippen molar-refractivity contribution in [3.8, 4) is 0 Å². The molecule has 3 N–H and O–H groups in total. The molecule has 1 fully saturated rings. The summed E-state index contributed by atoms with van der Waals surface area (Å²) in [4.78, 5) is 14.5. The molecular weight excluding hydrogens is 337 g/mol. The fourth-order valence-corrected chi connectivity index (χ4v) is 2.51. The molecular formula is C16H27Cl2N3O2. The maximum Gasteiger partial charge on any atom is 0.241 e. The van der Waals surface area contributed by atoms with Gasteiger partial charge in [-0.25, -0.2) is 0 Å². The van der Waals surface area contributed by atoms with Crippen molar-refractivity contribution in [1.29, 1.82) is 0 Å². The summed E-state index contributed by atoms with van der Waals surface area (Å²) in [6.07, 6.45) is 0. The Bertz CT molecular complexity index is 466. The molecule has 1 aromatic rings. The van der Waals surface area contributed by atoms with Crippen molar-refractivity contribution < 1.29 is 9.53 Å². The van der Waals surface area contributed by atoms with Gasteiger partial charge in [0.05, 0.1) is 13.2 Å². The number of rotatable bonds is 5. The molecule has 0 spiro atoms. The fourth-order valence-electron chi connectivity index (χ4n) is 2.51. The van der Waals surface area contributed by atoms with E-state index in [0.29, 0.717) is 6.54 Å². The molecule has 1 aliphatic rings. The minimum Gasteiger partial charge on any atom is -0.379 e. The second kappa shape index (κ2) is 10.1. The summed E-state index contributed by atoms with van der Waals surface area (Å²) in [6, 6.07) is 8.82. The third-order valence-electron chi connectivity index (χ3n) is 4.00. The number of nitrogens with two attached hydrogens (primary N) is 1. The highest BCUT2D eigenvalue weighted by Gasteiger charge is 2.29. The van der Waals surface area contributed by atoms with Crippen LogP contribution in [-0.2, 0) is 9.53 Å². The largest absolute Gasteiger partial charge is 0.379 e. The molecule has 1 atom stereocenters. The summed E-state index contributed by atoms with van der Waals surface area (Å²) >= 11 is 0. The Kier molecular flexibility index (Phi) is 9.73. The summed E-state index contributed by atoms with van der Waals surface area (Å²) in [7, 11) is 0. The van der Waals surface area contributed by atoms with Gasteiger partial charge in [-0.05, 0) is 19.4 Å². The number of hydrogen-bond donors (Lipinski definition) is 2. The van der Waals surface area contributed by atoms with Gasteiger partial charge in [0.25, 0.3) is 0 Å². The molecule has 0 bridgehead atoms. The van der Waals surface area contributed by atoms with Crippen molar-refractivity contribution in [2.75, 3.05) is 32.8 Å². The van der Waals surface area contributed by atoms with Gasteiger partial charge >= 0.3 is 0 Å². The molecule has 1 aromatic carbocycles. The van der Waals surface area contributed by atoms with Gasteiger partial charge in [0, 0.05) is 25.2 Å². The highest BCUT2D eigenvalue weighted by atomic mass is 35.5. The Morgan fingerprint density at radius 1 is 1.26 bits per heavy atom. The minimum atomic E-state index is -0.619. The van der Waals surface area contributed by atoms with Crippen molar-refractivity contribution in [2.24, 2.45) is 5.73 Å². The van der Waals surface area contributed by atoms with Crippen LogP contribution in [0.15, 0.2) is 30.3 Å². The smallest absolute Gasteiger partial charge is 0.241 e. The topological polar surface area (TPSA) is 67.6 Å². The maximum absolute atomic E-state index is 12.2. The average molecular weight is 364 g/mol. The monoisotopic (exact) mass is 363 g/mol. The van der Waals surface area contributed by atoms with Crippen LogP contribution >= 0.6 is 24.8 Å². The Morgan fingerprint density at radius 3 is 2.39 bits per heavy atom. The van der Waals surface area contributed by atoms with E-state index in [1.54, 1.807) is 0 Å². The Morgan fingerprint density at radius 2 is 1.83 bits per heavy atom. The lowest BCUT2D eigenvalue weighted by Crippen LogP contribution is -2.56. The van der Waals surface area contributed by atoms with Crippen LogP contribution in [0.25, 0.3) is 0 Å². The molecule has 1 amide bonds. The second-order valence-electron chi connectivity index (χ2n) is 6.02. The Balaban J connectivity index is 0.00000242. The molecule has 1 heterocycles. The van der Waals surface area contributed by atoms with Crippen molar-refractivity contribution in [3.05, 3.63) is 35.9 Å². The lowest BCUT2D eigenvalue weighted by Gasteiger charge is -2.41. The first-order valence-electron chi connectivity index (χ1n) is 7.42. The minimum absolute atomic E-state index is 0. The molecule has 132 valence electrons. The number of nitrogens with zero attached hydrogens (tertiary/aromatic N) is 1. The van der Waals surface area contributed by atoms with E-state index < -0.39 is 6.04 Å². The lowest BCUT2D eigenvalue weighted by atomic mass is 10.0. The van der Waals surface area contributed by atoms with Gasteiger partial charge < -0.3 is 15.8 Å². The first-order valence-corrected chi connectivity index (χ1v) is 7.42. The Hall–Kier alpha value is -0.850. The molecule has 0 radical (unpaired) electrons. The molecule has 0 saturated carbocycles. The van der Waals surface area contributed by atoms with Crippen molar-refractivity contribution in [2.45, 2.75) is 25.4 Å².